The molecule has 2 aromatic carbocycles. The summed E-state index contributed by atoms with van der Waals surface area (Å²) in [5, 5.41) is 2.84. The maximum atomic E-state index is 12.9. The van der Waals surface area contributed by atoms with Crippen molar-refractivity contribution in [3.63, 3.8) is 0 Å². The highest BCUT2D eigenvalue weighted by atomic mass is 19.1. The Balaban J connectivity index is 1.55. The van der Waals surface area contributed by atoms with Crippen LogP contribution in [0.2, 0.25) is 0 Å². The van der Waals surface area contributed by atoms with Gasteiger partial charge in [-0.2, -0.15) is 0 Å². The monoisotopic (exact) mass is 368 g/mol. The van der Waals surface area contributed by atoms with Gasteiger partial charge in [0.15, 0.2) is 0 Å². The van der Waals surface area contributed by atoms with Crippen LogP contribution in [-0.4, -0.2) is 23.3 Å². The summed E-state index contributed by atoms with van der Waals surface area (Å²) < 4.78 is 12.9. The van der Waals surface area contributed by atoms with Crippen molar-refractivity contribution in [2.75, 3.05) is 6.54 Å². The lowest BCUT2D eigenvalue weighted by Crippen LogP contribution is -2.37. The number of likely N-dealkylation sites (tertiary alicyclic amines) is 1. The topological polar surface area (TPSA) is 49.4 Å². The highest BCUT2D eigenvalue weighted by Crippen LogP contribution is 2.22. The Kier molecular flexibility index (Phi) is 6.58. The van der Waals surface area contributed by atoms with Gasteiger partial charge in [-0.05, 0) is 36.1 Å². The lowest BCUT2D eigenvalue weighted by Gasteiger charge is -2.24. The van der Waals surface area contributed by atoms with Crippen molar-refractivity contribution < 1.29 is 14.0 Å². The minimum absolute atomic E-state index is 0.0632. The predicted molar refractivity (Wildman–Crippen MR) is 102 cm³/mol. The Hall–Kier alpha value is -2.69. The van der Waals surface area contributed by atoms with Crippen LogP contribution < -0.4 is 5.32 Å². The maximum Gasteiger partial charge on any atom is 0.226 e. The molecule has 142 valence electrons. The molecule has 2 amide bonds. The van der Waals surface area contributed by atoms with E-state index in [0.717, 1.165) is 36.9 Å². The van der Waals surface area contributed by atoms with Crippen molar-refractivity contribution in [3.8, 4) is 0 Å². The van der Waals surface area contributed by atoms with Gasteiger partial charge in [0, 0.05) is 32.0 Å². The number of hydrogen-bond donors (Lipinski definition) is 1. The fourth-order valence-corrected chi connectivity index (χ4v) is 3.43. The van der Waals surface area contributed by atoms with Gasteiger partial charge in [0.05, 0.1) is 0 Å². The molecular formula is C22H25FN2O2. The van der Waals surface area contributed by atoms with Crippen LogP contribution in [0.15, 0.2) is 54.6 Å². The lowest BCUT2D eigenvalue weighted by molar-refractivity contribution is -0.138. The zero-order valence-electron chi connectivity index (χ0n) is 15.4. The van der Waals surface area contributed by atoms with Crippen molar-refractivity contribution >= 4 is 11.8 Å². The molecule has 3 rings (SSSR count). The summed E-state index contributed by atoms with van der Waals surface area (Å²) in [6.45, 7) is 1.67. The second kappa shape index (κ2) is 9.31. The van der Waals surface area contributed by atoms with Crippen LogP contribution in [0.4, 0.5) is 4.39 Å². The van der Waals surface area contributed by atoms with Gasteiger partial charge in [-0.15, -0.1) is 0 Å². The summed E-state index contributed by atoms with van der Waals surface area (Å²) in [5.74, 6) is -0.649. The van der Waals surface area contributed by atoms with E-state index in [1.54, 1.807) is 12.1 Å². The van der Waals surface area contributed by atoms with Crippen molar-refractivity contribution in [1.82, 2.24) is 10.2 Å². The van der Waals surface area contributed by atoms with E-state index >= 15 is 0 Å². The van der Waals surface area contributed by atoms with Crippen LogP contribution >= 0.6 is 0 Å². The van der Waals surface area contributed by atoms with E-state index in [-0.39, 0.29) is 30.0 Å². The van der Waals surface area contributed by atoms with Crippen LogP contribution in [0.1, 0.15) is 36.8 Å². The van der Waals surface area contributed by atoms with Gasteiger partial charge in [-0.1, -0.05) is 48.9 Å². The molecule has 4 nitrogen and oxygen atoms in total. The minimum Gasteiger partial charge on any atom is -0.352 e. The van der Waals surface area contributed by atoms with Crippen LogP contribution in [0.3, 0.4) is 0 Å². The molecule has 0 aliphatic carbocycles. The van der Waals surface area contributed by atoms with E-state index in [1.165, 1.54) is 12.1 Å². The molecule has 1 fully saturated rings. The summed E-state index contributed by atoms with van der Waals surface area (Å²) in [5.41, 5.74) is 1.94. The Morgan fingerprint density at radius 1 is 1.04 bits per heavy atom. The smallest absolute Gasteiger partial charge is 0.226 e. The number of carbonyl (C=O) groups excluding carboxylic acids is 2. The highest BCUT2D eigenvalue weighted by molar-refractivity contribution is 5.86. The second-order valence-electron chi connectivity index (χ2n) is 7.05. The molecule has 5 heteroatoms. The maximum absolute atomic E-state index is 12.9. The lowest BCUT2D eigenvalue weighted by atomic mass is 9.98. The molecule has 0 radical (unpaired) electrons. The number of carbonyl (C=O) groups is 2. The van der Waals surface area contributed by atoms with Gasteiger partial charge in [0.2, 0.25) is 11.8 Å². The van der Waals surface area contributed by atoms with Crippen LogP contribution in [-0.2, 0) is 22.7 Å². The first-order valence-corrected chi connectivity index (χ1v) is 9.45. The Morgan fingerprint density at radius 2 is 1.78 bits per heavy atom. The average molecular weight is 368 g/mol. The van der Waals surface area contributed by atoms with Gasteiger partial charge in [-0.25, -0.2) is 4.39 Å². The molecule has 1 saturated heterocycles. The van der Waals surface area contributed by atoms with Gasteiger partial charge >= 0.3 is 0 Å². The molecule has 2 aromatic rings. The van der Waals surface area contributed by atoms with Crippen LogP contribution in [0.25, 0.3) is 0 Å². The van der Waals surface area contributed by atoms with Gasteiger partial charge < -0.3 is 10.2 Å². The number of hydrogen-bond acceptors (Lipinski definition) is 2. The summed E-state index contributed by atoms with van der Waals surface area (Å²) in [6.07, 6.45) is 2.86. The number of amides is 2. The van der Waals surface area contributed by atoms with Crippen molar-refractivity contribution in [2.24, 2.45) is 5.92 Å². The molecule has 0 aromatic heterocycles. The van der Waals surface area contributed by atoms with E-state index < -0.39 is 0 Å². The highest BCUT2D eigenvalue weighted by Gasteiger charge is 2.28. The largest absolute Gasteiger partial charge is 0.352 e. The minimum atomic E-state index is -0.298. The third kappa shape index (κ3) is 5.64. The number of nitrogens with one attached hydrogen (secondary N) is 1. The van der Waals surface area contributed by atoms with Gasteiger partial charge in [0.25, 0.3) is 0 Å². The summed E-state index contributed by atoms with van der Waals surface area (Å²) in [4.78, 5) is 27.1. The van der Waals surface area contributed by atoms with E-state index in [1.807, 2.05) is 35.2 Å². The number of rotatable bonds is 6. The van der Waals surface area contributed by atoms with Gasteiger partial charge in [-0.3, -0.25) is 9.59 Å². The van der Waals surface area contributed by atoms with Crippen LogP contribution in [0, 0.1) is 11.7 Å². The third-order valence-electron chi connectivity index (χ3n) is 4.94. The quantitative estimate of drug-likeness (QED) is 0.846. The zero-order chi connectivity index (χ0) is 19.1. The normalized spacial score (nSPS) is 17.4. The van der Waals surface area contributed by atoms with E-state index in [9.17, 15) is 14.0 Å². The fourth-order valence-electron chi connectivity index (χ4n) is 3.43. The molecule has 0 bridgehead atoms. The van der Waals surface area contributed by atoms with E-state index in [0.29, 0.717) is 13.1 Å². The number of nitrogens with zero attached hydrogens (tertiary/aromatic N) is 1. The molecule has 1 unspecified atom stereocenters. The van der Waals surface area contributed by atoms with Crippen LogP contribution in [0.5, 0.6) is 0 Å². The first-order valence-electron chi connectivity index (χ1n) is 9.45. The molecule has 1 atom stereocenters. The number of halogens is 1. The van der Waals surface area contributed by atoms with E-state index in [2.05, 4.69) is 5.32 Å². The second-order valence-corrected chi connectivity index (χ2v) is 7.05. The molecule has 27 heavy (non-hydrogen) atoms. The molecule has 0 saturated carbocycles. The Morgan fingerprint density at radius 3 is 2.52 bits per heavy atom. The third-order valence-corrected chi connectivity index (χ3v) is 4.94. The molecule has 1 N–H and O–H groups in total. The molecule has 1 heterocycles. The standard InChI is InChI=1S/C22H25FN2O2/c23-20-11-9-17(10-12-20)15-24-21(26)14-19-8-4-5-13-25(22(19)27)16-18-6-2-1-3-7-18/h1-3,6-7,9-12,19H,4-5,8,13-16H2,(H,24,26). The first kappa shape index (κ1) is 19.1. The Bertz CT molecular complexity index is 762. The molecule has 0 spiro atoms. The fraction of sp³-hybridized carbons (Fsp3) is 0.364. The van der Waals surface area contributed by atoms with Gasteiger partial charge in [0.1, 0.15) is 5.82 Å². The van der Waals surface area contributed by atoms with E-state index in [4.69, 9.17) is 0 Å². The van der Waals surface area contributed by atoms with Crippen molar-refractivity contribution in [2.45, 2.75) is 38.8 Å². The van der Waals surface area contributed by atoms with Crippen molar-refractivity contribution in [1.29, 1.82) is 0 Å². The average Bonchev–Trinajstić information content (AvgIpc) is 2.84. The molecule has 1 aliphatic rings. The summed E-state index contributed by atoms with van der Waals surface area (Å²) >= 11 is 0. The van der Waals surface area contributed by atoms with Crippen molar-refractivity contribution in [3.05, 3.63) is 71.5 Å². The summed E-state index contributed by atoms with van der Waals surface area (Å²) in [7, 11) is 0. The number of benzene rings is 2. The predicted octanol–water partition coefficient (Wildman–Crippen LogP) is 3.66. The first-order chi connectivity index (χ1) is 13.1. The summed E-state index contributed by atoms with van der Waals surface area (Å²) in [6, 6.07) is 16.0. The zero-order valence-corrected chi connectivity index (χ0v) is 15.4. The SMILES string of the molecule is O=C(CC1CCCCN(Cc2ccccc2)C1=O)NCc1ccc(F)cc1. The molecule has 1 aliphatic heterocycles. The Labute approximate surface area is 159 Å². The molecular weight excluding hydrogens is 343 g/mol.